The van der Waals surface area contributed by atoms with E-state index in [-0.39, 0.29) is 0 Å². The first-order chi connectivity index (χ1) is 13.6. The number of rotatable bonds is 3. The van der Waals surface area contributed by atoms with Gasteiger partial charge in [0.2, 0.25) is 5.82 Å². The highest BCUT2D eigenvalue weighted by Gasteiger charge is 2.34. The molecule has 0 unspecified atom stereocenters. The number of hydrogen-bond donors (Lipinski definition) is 0. The van der Waals surface area contributed by atoms with E-state index in [2.05, 4.69) is 47.9 Å². The summed E-state index contributed by atoms with van der Waals surface area (Å²) in [7, 11) is 2.17. The van der Waals surface area contributed by atoms with Crippen LogP contribution < -0.4 is 0 Å². The molecule has 29 heavy (non-hydrogen) atoms. The third-order valence-corrected chi connectivity index (χ3v) is 5.02. The maximum Gasteiger partial charge on any atom is 0.451 e. The summed E-state index contributed by atoms with van der Waals surface area (Å²) in [5.74, 6) is -1.08. The molecule has 1 aliphatic heterocycles. The standard InChI is InChI=1S/C14H18ClN.C8H9F3N2/c1-10-4-5-12(15)8-14(10)13-6-7-16(3)9-11(13)2;1-2-3-6-4-12-7(13-5-6)8(9,10)11/h4-5,8H,6-7,9H2,1-3H3;4-5H,2-3H2,1H3. The smallest absolute Gasteiger partial charge is 0.302 e. The van der Waals surface area contributed by atoms with Crippen LogP contribution in [0.3, 0.4) is 0 Å². The van der Waals surface area contributed by atoms with Crippen LogP contribution in [0.25, 0.3) is 5.57 Å². The minimum atomic E-state index is -4.44. The largest absolute Gasteiger partial charge is 0.451 e. The van der Waals surface area contributed by atoms with E-state index in [4.69, 9.17) is 11.6 Å². The number of nitrogens with zero attached hydrogens (tertiary/aromatic N) is 3. The molecule has 0 amide bonds. The molecule has 2 heterocycles. The van der Waals surface area contributed by atoms with Gasteiger partial charge >= 0.3 is 6.18 Å². The molecule has 0 radical (unpaired) electrons. The molecule has 3 nitrogen and oxygen atoms in total. The lowest BCUT2D eigenvalue weighted by Crippen LogP contribution is -2.26. The Morgan fingerprint density at radius 3 is 2.34 bits per heavy atom. The van der Waals surface area contributed by atoms with E-state index in [9.17, 15) is 13.2 Å². The lowest BCUT2D eigenvalue weighted by molar-refractivity contribution is -0.145. The summed E-state index contributed by atoms with van der Waals surface area (Å²) in [6.07, 6.45) is 0.708. The first kappa shape index (κ1) is 23.4. The third kappa shape index (κ3) is 6.82. The molecule has 0 saturated carbocycles. The van der Waals surface area contributed by atoms with E-state index in [0.717, 1.165) is 36.5 Å². The summed E-state index contributed by atoms with van der Waals surface area (Å²) in [6, 6.07) is 6.17. The van der Waals surface area contributed by atoms with Crippen LogP contribution in [0.2, 0.25) is 5.02 Å². The quantitative estimate of drug-likeness (QED) is 0.585. The number of aryl methyl sites for hydroxylation is 2. The lowest BCUT2D eigenvalue weighted by atomic mass is 9.91. The fourth-order valence-corrected chi connectivity index (χ4v) is 3.47. The van der Waals surface area contributed by atoms with Crippen LogP contribution >= 0.6 is 11.6 Å². The van der Waals surface area contributed by atoms with Gasteiger partial charge in [-0.2, -0.15) is 13.2 Å². The predicted molar refractivity (Wildman–Crippen MR) is 112 cm³/mol. The van der Waals surface area contributed by atoms with Gasteiger partial charge in [0.15, 0.2) is 0 Å². The van der Waals surface area contributed by atoms with E-state index < -0.39 is 12.0 Å². The van der Waals surface area contributed by atoms with Crippen molar-refractivity contribution in [2.75, 3.05) is 20.1 Å². The second kappa shape index (κ2) is 10.2. The van der Waals surface area contributed by atoms with Gasteiger partial charge in [-0.1, -0.05) is 36.6 Å². The van der Waals surface area contributed by atoms with Gasteiger partial charge in [0, 0.05) is 30.5 Å². The number of likely N-dealkylation sites (N-methyl/N-ethyl adjacent to an activating group) is 1. The van der Waals surface area contributed by atoms with Crippen molar-refractivity contribution in [1.29, 1.82) is 0 Å². The summed E-state index contributed by atoms with van der Waals surface area (Å²) in [4.78, 5) is 8.82. The zero-order valence-corrected chi connectivity index (χ0v) is 18.0. The van der Waals surface area contributed by atoms with Crippen molar-refractivity contribution >= 4 is 17.2 Å². The van der Waals surface area contributed by atoms with E-state index >= 15 is 0 Å². The second-order valence-corrected chi connectivity index (χ2v) is 7.81. The predicted octanol–water partition coefficient (Wildman–Crippen LogP) is 6.21. The van der Waals surface area contributed by atoms with Gasteiger partial charge < -0.3 is 4.90 Å². The first-order valence-corrected chi connectivity index (χ1v) is 10.0. The minimum Gasteiger partial charge on any atom is -0.302 e. The molecule has 0 bridgehead atoms. The van der Waals surface area contributed by atoms with Crippen LogP contribution in [0.5, 0.6) is 0 Å². The molecule has 0 fully saturated rings. The SMILES string of the molecule is CC1=C(c2cc(Cl)ccc2C)CCN(C)C1.CCCc1cnc(C(F)(F)F)nc1. The summed E-state index contributed by atoms with van der Waals surface area (Å²) in [5.41, 5.74) is 6.34. The molecule has 0 N–H and O–H groups in total. The van der Waals surface area contributed by atoms with Gasteiger partial charge in [0.1, 0.15) is 0 Å². The molecular weight excluding hydrogens is 399 g/mol. The molecular formula is C22H27ClF3N3. The van der Waals surface area contributed by atoms with Gasteiger partial charge in [-0.3, -0.25) is 0 Å². The van der Waals surface area contributed by atoms with Crippen LogP contribution in [-0.4, -0.2) is 35.0 Å². The average molecular weight is 426 g/mol. The molecule has 2 aromatic rings. The fourth-order valence-electron chi connectivity index (χ4n) is 3.30. The summed E-state index contributed by atoms with van der Waals surface area (Å²) in [6.45, 7) is 8.53. The first-order valence-electron chi connectivity index (χ1n) is 9.63. The third-order valence-electron chi connectivity index (χ3n) is 4.79. The Hall–Kier alpha value is -1.92. The van der Waals surface area contributed by atoms with E-state index in [1.807, 2.05) is 13.0 Å². The molecule has 158 valence electrons. The maximum absolute atomic E-state index is 12.0. The Kier molecular flexibility index (Phi) is 8.23. The van der Waals surface area contributed by atoms with E-state index in [1.165, 1.54) is 34.7 Å². The van der Waals surface area contributed by atoms with Crippen molar-refractivity contribution in [1.82, 2.24) is 14.9 Å². The Labute approximate surface area is 175 Å². The summed E-state index contributed by atoms with van der Waals surface area (Å²) >= 11 is 6.08. The van der Waals surface area contributed by atoms with E-state index in [1.54, 1.807) is 0 Å². The molecule has 0 spiro atoms. The Morgan fingerprint density at radius 2 is 1.79 bits per heavy atom. The summed E-state index contributed by atoms with van der Waals surface area (Å²) in [5, 5.41) is 0.833. The minimum absolute atomic E-state index is 0.706. The molecule has 7 heteroatoms. The number of benzene rings is 1. The average Bonchev–Trinajstić information content (AvgIpc) is 2.65. The summed E-state index contributed by atoms with van der Waals surface area (Å²) < 4.78 is 35.9. The van der Waals surface area contributed by atoms with Crippen molar-refractivity contribution in [3.63, 3.8) is 0 Å². The van der Waals surface area contributed by atoms with E-state index in [0.29, 0.717) is 6.42 Å². The molecule has 0 saturated heterocycles. The zero-order chi connectivity index (χ0) is 21.6. The molecule has 0 aliphatic carbocycles. The Morgan fingerprint density at radius 1 is 1.14 bits per heavy atom. The highest BCUT2D eigenvalue weighted by molar-refractivity contribution is 6.30. The zero-order valence-electron chi connectivity index (χ0n) is 17.3. The maximum atomic E-state index is 12.0. The van der Waals surface area contributed by atoms with Gasteiger partial charge in [-0.05, 0) is 68.1 Å². The van der Waals surface area contributed by atoms with Crippen molar-refractivity contribution in [2.45, 2.75) is 46.2 Å². The van der Waals surface area contributed by atoms with Crippen molar-refractivity contribution < 1.29 is 13.2 Å². The van der Waals surface area contributed by atoms with Gasteiger partial charge in [-0.25, -0.2) is 9.97 Å². The molecule has 1 aliphatic rings. The molecule has 0 atom stereocenters. The van der Waals surface area contributed by atoms with Crippen LogP contribution in [0.1, 0.15) is 49.2 Å². The van der Waals surface area contributed by atoms with Crippen LogP contribution in [0.4, 0.5) is 13.2 Å². The van der Waals surface area contributed by atoms with Crippen molar-refractivity contribution in [3.8, 4) is 0 Å². The number of aromatic nitrogens is 2. The van der Waals surface area contributed by atoms with Crippen LogP contribution in [0.15, 0.2) is 36.2 Å². The molecule has 1 aromatic heterocycles. The topological polar surface area (TPSA) is 29.0 Å². The van der Waals surface area contributed by atoms with Crippen molar-refractivity contribution in [3.05, 3.63) is 63.7 Å². The molecule has 3 rings (SSSR count). The van der Waals surface area contributed by atoms with Crippen molar-refractivity contribution in [2.24, 2.45) is 0 Å². The second-order valence-electron chi connectivity index (χ2n) is 7.37. The van der Waals surface area contributed by atoms with Crippen LogP contribution in [0, 0.1) is 6.92 Å². The number of hydrogen-bond acceptors (Lipinski definition) is 3. The highest BCUT2D eigenvalue weighted by Crippen LogP contribution is 2.30. The lowest BCUT2D eigenvalue weighted by Gasteiger charge is -2.27. The molecule has 1 aromatic carbocycles. The highest BCUT2D eigenvalue weighted by atomic mass is 35.5. The number of alkyl halides is 3. The van der Waals surface area contributed by atoms with Gasteiger partial charge in [0.25, 0.3) is 0 Å². The normalized spacial score (nSPS) is 15.2. The van der Waals surface area contributed by atoms with Gasteiger partial charge in [-0.15, -0.1) is 0 Å². The monoisotopic (exact) mass is 425 g/mol. The Balaban J connectivity index is 0.000000212. The Bertz CT molecular complexity index is 845. The fraction of sp³-hybridized carbons (Fsp3) is 0.455. The van der Waals surface area contributed by atoms with Crippen LogP contribution in [-0.2, 0) is 12.6 Å². The number of halogens is 4. The van der Waals surface area contributed by atoms with Gasteiger partial charge in [0.05, 0.1) is 0 Å².